The van der Waals surface area contributed by atoms with E-state index in [1.54, 1.807) is 25.2 Å². The lowest BCUT2D eigenvalue weighted by Crippen LogP contribution is -2.25. The summed E-state index contributed by atoms with van der Waals surface area (Å²) in [6, 6.07) is 12.5. The second kappa shape index (κ2) is 8.34. The standard InChI is InChI=1S/C21H23N3O4S/c1-24-19-6-5-15(12-18(19)23-21(24)26)20(25)22-16-4-2-3-14(11-16)13-29(27)17-7-9-28-10-8-17/h2-6,11-12,17H,7-10,13H2,1H3,(H,22,25)(H,23,26). The first-order valence-electron chi connectivity index (χ1n) is 9.55. The number of benzene rings is 2. The fourth-order valence-electron chi connectivity index (χ4n) is 3.54. The van der Waals surface area contributed by atoms with Crippen LogP contribution in [0.3, 0.4) is 0 Å². The third-order valence-electron chi connectivity index (χ3n) is 5.20. The van der Waals surface area contributed by atoms with Crippen LogP contribution >= 0.6 is 0 Å². The molecule has 0 bridgehead atoms. The van der Waals surface area contributed by atoms with Gasteiger partial charge in [0.2, 0.25) is 0 Å². The summed E-state index contributed by atoms with van der Waals surface area (Å²) < 4.78 is 19.4. The molecule has 2 aromatic carbocycles. The van der Waals surface area contributed by atoms with E-state index in [2.05, 4.69) is 10.3 Å². The quantitative estimate of drug-likeness (QED) is 0.672. The Hall–Kier alpha value is -2.71. The van der Waals surface area contributed by atoms with Gasteiger partial charge in [0.1, 0.15) is 0 Å². The van der Waals surface area contributed by atoms with Crippen molar-refractivity contribution in [1.29, 1.82) is 0 Å². The molecule has 1 saturated heterocycles. The summed E-state index contributed by atoms with van der Waals surface area (Å²) >= 11 is 0. The summed E-state index contributed by atoms with van der Waals surface area (Å²) in [6.45, 7) is 1.34. The van der Waals surface area contributed by atoms with Gasteiger partial charge in [0.05, 0.1) is 11.0 Å². The number of nitrogens with one attached hydrogen (secondary N) is 2. The van der Waals surface area contributed by atoms with Crippen molar-refractivity contribution in [2.75, 3.05) is 18.5 Å². The van der Waals surface area contributed by atoms with Crippen LogP contribution < -0.4 is 11.0 Å². The zero-order chi connectivity index (χ0) is 20.4. The van der Waals surface area contributed by atoms with E-state index in [0.29, 0.717) is 35.7 Å². The van der Waals surface area contributed by atoms with Gasteiger partial charge in [-0.05, 0) is 48.7 Å². The van der Waals surface area contributed by atoms with Gasteiger partial charge in [0.25, 0.3) is 5.91 Å². The predicted octanol–water partition coefficient (Wildman–Crippen LogP) is 2.55. The highest BCUT2D eigenvalue weighted by molar-refractivity contribution is 7.84. The molecule has 1 aliphatic rings. The number of hydrogen-bond donors (Lipinski definition) is 2. The molecular weight excluding hydrogens is 390 g/mol. The Morgan fingerprint density at radius 2 is 2.03 bits per heavy atom. The first-order valence-corrected chi connectivity index (χ1v) is 10.9. The number of carbonyl (C=O) groups is 1. The van der Waals surface area contributed by atoms with Crippen LogP contribution in [0.4, 0.5) is 5.69 Å². The van der Waals surface area contributed by atoms with Crippen LogP contribution in [0.1, 0.15) is 28.8 Å². The largest absolute Gasteiger partial charge is 0.381 e. The molecule has 1 amide bonds. The van der Waals surface area contributed by atoms with Gasteiger partial charge in [-0.3, -0.25) is 13.6 Å². The molecule has 29 heavy (non-hydrogen) atoms. The van der Waals surface area contributed by atoms with Gasteiger partial charge >= 0.3 is 5.69 Å². The molecule has 2 heterocycles. The molecule has 1 aromatic heterocycles. The van der Waals surface area contributed by atoms with E-state index in [1.165, 1.54) is 4.57 Å². The number of H-pyrrole nitrogens is 1. The van der Waals surface area contributed by atoms with Crippen LogP contribution in [0, 0.1) is 0 Å². The van der Waals surface area contributed by atoms with Gasteiger partial charge in [-0.15, -0.1) is 0 Å². The number of carbonyl (C=O) groups excluding carboxylic acids is 1. The molecule has 8 heteroatoms. The number of aryl methyl sites for hydroxylation is 1. The van der Waals surface area contributed by atoms with Crippen molar-refractivity contribution in [3.8, 4) is 0 Å². The van der Waals surface area contributed by atoms with Crippen molar-refractivity contribution in [2.24, 2.45) is 7.05 Å². The maximum Gasteiger partial charge on any atom is 0.326 e. The molecule has 0 aliphatic carbocycles. The van der Waals surface area contributed by atoms with Crippen molar-refractivity contribution >= 4 is 33.4 Å². The number of anilines is 1. The Balaban J connectivity index is 1.46. The number of amides is 1. The predicted molar refractivity (Wildman–Crippen MR) is 114 cm³/mol. The first kappa shape index (κ1) is 19.6. The van der Waals surface area contributed by atoms with Crippen LogP contribution in [0.5, 0.6) is 0 Å². The summed E-state index contributed by atoms with van der Waals surface area (Å²) in [5, 5.41) is 3.05. The molecule has 1 atom stereocenters. The highest BCUT2D eigenvalue weighted by atomic mass is 32.2. The number of ether oxygens (including phenoxy) is 1. The highest BCUT2D eigenvalue weighted by Crippen LogP contribution is 2.20. The van der Waals surface area contributed by atoms with Crippen LogP contribution in [-0.4, -0.2) is 38.1 Å². The van der Waals surface area contributed by atoms with Gasteiger partial charge in [0, 0.05) is 53.3 Å². The molecule has 4 rings (SSSR count). The molecule has 1 fully saturated rings. The number of rotatable bonds is 5. The lowest BCUT2D eigenvalue weighted by molar-refractivity contribution is 0.0991. The molecule has 0 saturated carbocycles. The molecule has 1 aliphatic heterocycles. The Morgan fingerprint density at radius 1 is 1.24 bits per heavy atom. The average Bonchev–Trinajstić information content (AvgIpc) is 3.02. The molecule has 1 unspecified atom stereocenters. The number of aromatic nitrogens is 2. The summed E-state index contributed by atoms with van der Waals surface area (Å²) in [5.74, 6) is 0.199. The number of nitrogens with zero attached hydrogens (tertiary/aromatic N) is 1. The first-order chi connectivity index (χ1) is 14.0. The lowest BCUT2D eigenvalue weighted by Gasteiger charge is -2.21. The Labute approximate surface area is 170 Å². The lowest BCUT2D eigenvalue weighted by atomic mass is 10.1. The van der Waals surface area contributed by atoms with Gasteiger partial charge in [0.15, 0.2) is 0 Å². The Kier molecular flexibility index (Phi) is 5.64. The molecular formula is C21H23N3O4S. The average molecular weight is 413 g/mol. The maximum absolute atomic E-state index is 12.6. The monoisotopic (exact) mass is 413 g/mol. The molecule has 0 spiro atoms. The SMILES string of the molecule is Cn1c(=O)[nH]c2cc(C(=O)Nc3cccc(CS(=O)C4CCOCC4)c3)ccc21. The van der Waals surface area contributed by atoms with E-state index < -0.39 is 10.8 Å². The summed E-state index contributed by atoms with van der Waals surface area (Å²) in [6.07, 6.45) is 1.65. The van der Waals surface area contributed by atoms with Gasteiger partial charge in [-0.2, -0.15) is 0 Å². The zero-order valence-electron chi connectivity index (χ0n) is 16.1. The van der Waals surface area contributed by atoms with Gasteiger partial charge in [-0.1, -0.05) is 12.1 Å². The molecule has 2 N–H and O–H groups in total. The molecule has 0 radical (unpaired) electrons. The van der Waals surface area contributed by atoms with Crippen molar-refractivity contribution in [2.45, 2.75) is 23.8 Å². The fourth-order valence-corrected chi connectivity index (χ4v) is 5.00. The van der Waals surface area contributed by atoms with E-state index in [9.17, 15) is 13.8 Å². The van der Waals surface area contributed by atoms with E-state index in [1.807, 2.05) is 24.3 Å². The van der Waals surface area contributed by atoms with Crippen molar-refractivity contribution in [3.05, 3.63) is 64.1 Å². The molecule has 3 aromatic rings. The van der Waals surface area contributed by atoms with E-state index in [4.69, 9.17) is 4.74 Å². The topological polar surface area (TPSA) is 93.2 Å². The van der Waals surface area contributed by atoms with Gasteiger partial charge in [-0.25, -0.2) is 4.79 Å². The van der Waals surface area contributed by atoms with Crippen LogP contribution in [-0.2, 0) is 28.3 Å². The Bertz CT molecular complexity index is 1130. The summed E-state index contributed by atoms with van der Waals surface area (Å²) in [7, 11) is 0.718. The highest BCUT2D eigenvalue weighted by Gasteiger charge is 2.20. The minimum atomic E-state index is -0.959. The number of imidazole rings is 1. The smallest absolute Gasteiger partial charge is 0.326 e. The van der Waals surface area contributed by atoms with Crippen molar-refractivity contribution in [1.82, 2.24) is 9.55 Å². The van der Waals surface area contributed by atoms with Crippen molar-refractivity contribution in [3.63, 3.8) is 0 Å². The minimum absolute atomic E-state index is 0.168. The Morgan fingerprint density at radius 3 is 2.83 bits per heavy atom. The summed E-state index contributed by atoms with van der Waals surface area (Å²) in [4.78, 5) is 27.1. The van der Waals surface area contributed by atoms with E-state index >= 15 is 0 Å². The molecule has 7 nitrogen and oxygen atoms in total. The number of aromatic amines is 1. The second-order valence-corrected chi connectivity index (χ2v) is 8.93. The van der Waals surface area contributed by atoms with Crippen molar-refractivity contribution < 1.29 is 13.7 Å². The van der Waals surface area contributed by atoms with Crippen LogP contribution in [0.25, 0.3) is 11.0 Å². The third kappa shape index (κ3) is 4.33. The summed E-state index contributed by atoms with van der Waals surface area (Å²) in [5.41, 5.74) is 3.17. The van der Waals surface area contributed by atoms with E-state index in [-0.39, 0.29) is 16.8 Å². The van der Waals surface area contributed by atoms with E-state index in [0.717, 1.165) is 23.9 Å². The van der Waals surface area contributed by atoms with Crippen LogP contribution in [0.15, 0.2) is 47.3 Å². The third-order valence-corrected chi connectivity index (χ3v) is 7.03. The fraction of sp³-hybridized carbons (Fsp3) is 0.333. The zero-order valence-corrected chi connectivity index (χ0v) is 17.0. The number of fused-ring (bicyclic) bond motifs is 1. The van der Waals surface area contributed by atoms with Crippen LogP contribution in [0.2, 0.25) is 0 Å². The maximum atomic E-state index is 12.6. The number of hydrogen-bond acceptors (Lipinski definition) is 4. The van der Waals surface area contributed by atoms with Gasteiger partial charge < -0.3 is 15.0 Å². The normalized spacial score (nSPS) is 16.0. The second-order valence-electron chi connectivity index (χ2n) is 7.21. The minimum Gasteiger partial charge on any atom is -0.381 e. The molecule has 152 valence electrons.